The lowest BCUT2D eigenvalue weighted by Gasteiger charge is -2.11. The Labute approximate surface area is 215 Å². The summed E-state index contributed by atoms with van der Waals surface area (Å²) >= 11 is 0. The van der Waals surface area contributed by atoms with Crippen LogP contribution < -0.4 is 10.6 Å². The maximum atomic E-state index is 15.8. The molecule has 0 fully saturated rings. The molecule has 5 aromatic rings. The van der Waals surface area contributed by atoms with Crippen LogP contribution in [0.15, 0.2) is 79.9 Å². The summed E-state index contributed by atoms with van der Waals surface area (Å²) < 4.78 is 15.8. The first-order valence-corrected chi connectivity index (χ1v) is 12.2. The van der Waals surface area contributed by atoms with Gasteiger partial charge >= 0.3 is 0 Å². The van der Waals surface area contributed by atoms with Crippen molar-refractivity contribution in [2.75, 3.05) is 5.32 Å². The Kier molecular flexibility index (Phi) is 8.33. The van der Waals surface area contributed by atoms with Crippen molar-refractivity contribution in [1.82, 2.24) is 30.5 Å². The van der Waals surface area contributed by atoms with E-state index in [0.29, 0.717) is 34.9 Å². The van der Waals surface area contributed by atoms with Crippen LogP contribution in [0, 0.1) is 12.7 Å². The average Bonchev–Trinajstić information content (AvgIpc) is 3.38. The van der Waals surface area contributed by atoms with Gasteiger partial charge in [-0.05, 0) is 35.7 Å². The van der Waals surface area contributed by atoms with Crippen molar-refractivity contribution < 1.29 is 4.39 Å². The lowest BCUT2D eigenvalue weighted by Crippen LogP contribution is -2.12. The predicted molar refractivity (Wildman–Crippen MR) is 147 cm³/mol. The molecule has 0 amide bonds. The van der Waals surface area contributed by atoms with E-state index in [9.17, 15) is 0 Å². The van der Waals surface area contributed by atoms with E-state index in [1.807, 2.05) is 57.2 Å². The Morgan fingerprint density at radius 3 is 2.54 bits per heavy atom. The SMILES string of the molecule is C=C(Nc1ncccc1C)c1[nH]nc2ncc(-c3cncc(CNCc4ccccc4)c3)c(F)c12.CC. The Morgan fingerprint density at radius 2 is 1.76 bits per heavy atom. The number of aromatic nitrogens is 5. The highest BCUT2D eigenvalue weighted by atomic mass is 19.1. The molecule has 0 saturated heterocycles. The number of aryl methyl sites for hydroxylation is 1. The van der Waals surface area contributed by atoms with Gasteiger partial charge < -0.3 is 10.6 Å². The number of nitrogens with one attached hydrogen (secondary N) is 3. The van der Waals surface area contributed by atoms with Crippen molar-refractivity contribution in [2.45, 2.75) is 33.9 Å². The smallest absolute Gasteiger partial charge is 0.184 e. The van der Waals surface area contributed by atoms with Crippen molar-refractivity contribution in [3.05, 3.63) is 108 Å². The largest absolute Gasteiger partial charge is 0.339 e. The molecule has 0 spiro atoms. The first-order valence-electron chi connectivity index (χ1n) is 12.2. The van der Waals surface area contributed by atoms with Gasteiger partial charge in [-0.25, -0.2) is 14.4 Å². The van der Waals surface area contributed by atoms with Gasteiger partial charge in [0.15, 0.2) is 5.65 Å². The highest BCUT2D eigenvalue weighted by Gasteiger charge is 2.19. The van der Waals surface area contributed by atoms with Gasteiger partial charge in [-0.1, -0.05) is 56.8 Å². The summed E-state index contributed by atoms with van der Waals surface area (Å²) in [7, 11) is 0. The van der Waals surface area contributed by atoms with Crippen molar-refractivity contribution in [3.63, 3.8) is 0 Å². The zero-order valence-corrected chi connectivity index (χ0v) is 21.2. The monoisotopic (exact) mass is 495 g/mol. The lowest BCUT2D eigenvalue weighted by atomic mass is 10.0. The van der Waals surface area contributed by atoms with Crippen LogP contribution in [0.2, 0.25) is 0 Å². The van der Waals surface area contributed by atoms with Crippen LogP contribution in [0.5, 0.6) is 0 Å². The first-order chi connectivity index (χ1) is 18.1. The van der Waals surface area contributed by atoms with Crippen LogP contribution in [0.4, 0.5) is 10.2 Å². The van der Waals surface area contributed by atoms with Gasteiger partial charge in [0.25, 0.3) is 0 Å². The van der Waals surface area contributed by atoms with E-state index in [1.54, 1.807) is 18.6 Å². The zero-order valence-electron chi connectivity index (χ0n) is 21.2. The first kappa shape index (κ1) is 25.7. The summed E-state index contributed by atoms with van der Waals surface area (Å²) in [5.74, 6) is 0.209. The molecular formula is C29H30FN7. The van der Waals surface area contributed by atoms with E-state index < -0.39 is 5.82 Å². The lowest BCUT2D eigenvalue weighted by molar-refractivity contribution is 0.641. The minimum Gasteiger partial charge on any atom is -0.339 e. The van der Waals surface area contributed by atoms with Gasteiger partial charge in [0.1, 0.15) is 11.6 Å². The van der Waals surface area contributed by atoms with Crippen molar-refractivity contribution >= 4 is 22.5 Å². The normalized spacial score (nSPS) is 10.6. The predicted octanol–water partition coefficient (Wildman–Crippen LogP) is 6.26. The molecule has 0 aliphatic carbocycles. The molecule has 0 radical (unpaired) electrons. The van der Waals surface area contributed by atoms with E-state index in [2.05, 4.69) is 54.5 Å². The zero-order chi connectivity index (χ0) is 26.2. The maximum Gasteiger partial charge on any atom is 0.184 e. The fourth-order valence-electron chi connectivity index (χ4n) is 3.87. The summed E-state index contributed by atoms with van der Waals surface area (Å²) in [6, 6.07) is 15.9. The molecule has 4 aromatic heterocycles. The number of H-pyrrole nitrogens is 1. The molecule has 4 heterocycles. The Balaban J connectivity index is 0.00000156. The van der Waals surface area contributed by atoms with Crippen LogP contribution in [-0.2, 0) is 13.1 Å². The Morgan fingerprint density at radius 1 is 0.973 bits per heavy atom. The summed E-state index contributed by atoms with van der Waals surface area (Å²) in [6.07, 6.45) is 6.58. The van der Waals surface area contributed by atoms with E-state index in [-0.39, 0.29) is 11.0 Å². The van der Waals surface area contributed by atoms with Gasteiger partial charge in [0.05, 0.1) is 16.8 Å². The molecule has 0 unspecified atom stereocenters. The van der Waals surface area contributed by atoms with Crippen molar-refractivity contribution in [3.8, 4) is 11.1 Å². The number of fused-ring (bicyclic) bond motifs is 1. The summed E-state index contributed by atoms with van der Waals surface area (Å²) in [5.41, 5.74) is 5.22. The Hall–Kier alpha value is -4.43. The molecular weight excluding hydrogens is 465 g/mol. The quantitative estimate of drug-likeness (QED) is 0.235. The third kappa shape index (κ3) is 5.87. The second kappa shape index (κ2) is 12.0. The molecule has 0 saturated carbocycles. The van der Waals surface area contributed by atoms with Crippen LogP contribution in [-0.4, -0.2) is 25.1 Å². The molecule has 188 valence electrons. The minimum atomic E-state index is -0.435. The second-order valence-corrected chi connectivity index (χ2v) is 8.23. The third-order valence-corrected chi connectivity index (χ3v) is 5.71. The topological polar surface area (TPSA) is 91.4 Å². The average molecular weight is 496 g/mol. The number of pyridine rings is 3. The fraction of sp³-hybridized carbons (Fsp3) is 0.172. The van der Waals surface area contributed by atoms with E-state index in [4.69, 9.17) is 0 Å². The molecule has 8 heteroatoms. The van der Waals surface area contributed by atoms with Gasteiger partial charge in [0.2, 0.25) is 0 Å². The van der Waals surface area contributed by atoms with Gasteiger partial charge in [-0.15, -0.1) is 0 Å². The highest BCUT2D eigenvalue weighted by Crippen LogP contribution is 2.31. The molecule has 0 aliphatic rings. The van der Waals surface area contributed by atoms with E-state index in [1.165, 1.54) is 11.8 Å². The maximum absolute atomic E-state index is 15.8. The number of rotatable bonds is 8. The van der Waals surface area contributed by atoms with Crippen LogP contribution in [0.1, 0.15) is 36.2 Å². The van der Waals surface area contributed by atoms with Gasteiger partial charge in [-0.3, -0.25) is 10.1 Å². The molecule has 3 N–H and O–H groups in total. The number of aromatic amines is 1. The third-order valence-electron chi connectivity index (χ3n) is 5.71. The van der Waals surface area contributed by atoms with Crippen LogP contribution >= 0.6 is 0 Å². The highest BCUT2D eigenvalue weighted by molar-refractivity contribution is 5.93. The second-order valence-electron chi connectivity index (χ2n) is 8.23. The molecule has 0 bridgehead atoms. The van der Waals surface area contributed by atoms with Crippen LogP contribution in [0.25, 0.3) is 27.9 Å². The summed E-state index contributed by atoms with van der Waals surface area (Å²) in [5, 5.41) is 13.8. The number of nitrogens with zero attached hydrogens (tertiary/aromatic N) is 4. The molecule has 37 heavy (non-hydrogen) atoms. The summed E-state index contributed by atoms with van der Waals surface area (Å²) in [4.78, 5) is 13.0. The molecule has 0 atom stereocenters. The van der Waals surface area contributed by atoms with E-state index in [0.717, 1.165) is 17.7 Å². The standard InChI is InChI=1S/C27H24FN7.C2H6/c1-17-7-6-10-31-26(17)33-18(2)25-23-24(28)22(16-32-27(23)35-34-25)21-11-20(14-30-15-21)13-29-12-19-8-4-3-5-9-19;1-2/h3-11,14-16,29H,2,12-13H2,1H3,(H,31,33)(H,32,34,35);1-2H3. The molecule has 7 nitrogen and oxygen atoms in total. The van der Waals surface area contributed by atoms with Gasteiger partial charge in [-0.2, -0.15) is 5.10 Å². The minimum absolute atomic E-state index is 0.265. The fourth-order valence-corrected chi connectivity index (χ4v) is 3.87. The summed E-state index contributed by atoms with van der Waals surface area (Å²) in [6.45, 7) is 11.3. The van der Waals surface area contributed by atoms with Crippen molar-refractivity contribution in [1.29, 1.82) is 0 Å². The number of anilines is 1. The Bertz CT molecular complexity index is 1500. The van der Waals surface area contributed by atoms with Crippen molar-refractivity contribution in [2.24, 2.45) is 0 Å². The molecule has 1 aromatic carbocycles. The number of hydrogen-bond acceptors (Lipinski definition) is 6. The van der Waals surface area contributed by atoms with Crippen LogP contribution in [0.3, 0.4) is 0 Å². The van der Waals surface area contributed by atoms with E-state index >= 15 is 4.39 Å². The number of benzene rings is 1. The molecule has 5 rings (SSSR count). The molecule has 0 aliphatic heterocycles. The van der Waals surface area contributed by atoms with Gasteiger partial charge in [0, 0.05) is 49.0 Å². The number of halogens is 1. The number of hydrogen-bond donors (Lipinski definition) is 3.